The van der Waals surface area contributed by atoms with Gasteiger partial charge in [0, 0.05) is 5.92 Å². The molecule has 0 bridgehead atoms. The molecule has 124 valence electrons. The van der Waals surface area contributed by atoms with Gasteiger partial charge in [-0.2, -0.15) is 0 Å². The van der Waals surface area contributed by atoms with Crippen molar-refractivity contribution in [2.24, 2.45) is 5.92 Å². The number of nitrogens with zero attached hydrogens (tertiary/aromatic N) is 2. The Bertz CT molecular complexity index is 482. The van der Waals surface area contributed by atoms with Crippen LogP contribution in [0.1, 0.15) is 31.4 Å². The molecule has 22 heavy (non-hydrogen) atoms. The van der Waals surface area contributed by atoms with Crippen molar-refractivity contribution in [1.29, 1.82) is 0 Å². The van der Waals surface area contributed by atoms with Gasteiger partial charge in [0.15, 0.2) is 0 Å². The molecule has 0 fully saturated rings. The van der Waals surface area contributed by atoms with Crippen molar-refractivity contribution in [3.63, 3.8) is 0 Å². The Hall–Kier alpha value is -0.940. The lowest BCUT2D eigenvalue weighted by molar-refractivity contribution is -0.0837. The summed E-state index contributed by atoms with van der Waals surface area (Å²) in [4.78, 5) is 4.77. The molecule has 1 aliphatic rings. The Morgan fingerprint density at radius 2 is 1.77 bits per heavy atom. The first-order valence-electron chi connectivity index (χ1n) is 8.32. The maximum atomic E-state index is 10.1. The molecule has 1 unspecified atom stereocenters. The fraction of sp³-hybridized carbons (Fsp3) is 0.667. The normalized spacial score (nSPS) is 21.4. The molecule has 1 aromatic rings. The van der Waals surface area contributed by atoms with Crippen LogP contribution in [0.3, 0.4) is 0 Å². The fourth-order valence-electron chi connectivity index (χ4n) is 4.14. The molecule has 4 nitrogen and oxygen atoms in total. The highest BCUT2D eigenvalue weighted by Crippen LogP contribution is 2.48. The first kappa shape index (κ1) is 17.4. The van der Waals surface area contributed by atoms with E-state index in [1.165, 1.54) is 11.1 Å². The molecule has 0 radical (unpaired) electrons. The number of rotatable bonds is 7. The van der Waals surface area contributed by atoms with E-state index in [0.29, 0.717) is 6.42 Å². The van der Waals surface area contributed by atoms with Gasteiger partial charge in [0.05, 0.1) is 12.7 Å². The van der Waals surface area contributed by atoms with Crippen LogP contribution in [0.4, 0.5) is 0 Å². The zero-order valence-electron chi connectivity index (χ0n) is 14.3. The molecule has 1 aromatic carbocycles. The predicted octanol–water partition coefficient (Wildman–Crippen LogP) is 1.66. The highest BCUT2D eigenvalue weighted by atomic mass is 16.3. The van der Waals surface area contributed by atoms with Crippen LogP contribution < -0.4 is 0 Å². The quantitative estimate of drug-likeness (QED) is 0.752. The van der Waals surface area contributed by atoms with Crippen LogP contribution in [0.25, 0.3) is 0 Å². The standard InChI is InChI=1S/C18H30N2O2/c1-5-19(3)18(20(4)6-2)15(12-16(22)13-21)11-14-9-7-8-10-17(14)18/h7-10,15-16,21-22H,5-6,11-13H2,1-4H3/t15?,16-/m0/s1. The lowest BCUT2D eigenvalue weighted by Crippen LogP contribution is -2.58. The maximum Gasteiger partial charge on any atom is 0.103 e. The van der Waals surface area contributed by atoms with E-state index < -0.39 is 6.10 Å². The number of fused-ring (bicyclic) bond motifs is 1. The highest BCUT2D eigenvalue weighted by Gasteiger charge is 2.51. The summed E-state index contributed by atoms with van der Waals surface area (Å²) in [7, 11) is 4.32. The minimum atomic E-state index is -0.658. The molecule has 2 atom stereocenters. The summed E-state index contributed by atoms with van der Waals surface area (Å²) >= 11 is 0. The van der Waals surface area contributed by atoms with Gasteiger partial charge in [0.1, 0.15) is 5.66 Å². The number of aliphatic hydroxyl groups excluding tert-OH is 2. The summed E-state index contributed by atoms with van der Waals surface area (Å²) in [6.45, 7) is 6.04. The van der Waals surface area contributed by atoms with Crippen LogP contribution in [0.2, 0.25) is 0 Å². The maximum absolute atomic E-state index is 10.1. The fourth-order valence-corrected chi connectivity index (χ4v) is 4.14. The highest BCUT2D eigenvalue weighted by molar-refractivity contribution is 5.40. The Kier molecular flexibility index (Phi) is 5.61. The Balaban J connectivity index is 2.54. The molecule has 0 saturated heterocycles. The van der Waals surface area contributed by atoms with Gasteiger partial charge in [0.2, 0.25) is 0 Å². The van der Waals surface area contributed by atoms with Crippen molar-refractivity contribution in [2.75, 3.05) is 33.8 Å². The van der Waals surface area contributed by atoms with Gasteiger partial charge in [-0.25, -0.2) is 0 Å². The Morgan fingerprint density at radius 3 is 2.32 bits per heavy atom. The molecule has 4 heteroatoms. The number of benzene rings is 1. The third-order valence-corrected chi connectivity index (χ3v) is 5.33. The molecule has 1 aliphatic carbocycles. The Morgan fingerprint density at radius 1 is 1.18 bits per heavy atom. The number of aliphatic hydroxyl groups is 2. The van der Waals surface area contributed by atoms with Gasteiger partial charge in [-0.1, -0.05) is 38.1 Å². The molecule has 0 aromatic heterocycles. The monoisotopic (exact) mass is 306 g/mol. The summed E-state index contributed by atoms with van der Waals surface area (Å²) in [5.74, 6) is 0.266. The average Bonchev–Trinajstić information content (AvgIpc) is 2.87. The Labute approximate surface area is 134 Å². The largest absolute Gasteiger partial charge is 0.394 e. The second-order valence-corrected chi connectivity index (χ2v) is 6.38. The van der Waals surface area contributed by atoms with E-state index in [-0.39, 0.29) is 18.2 Å². The van der Waals surface area contributed by atoms with Crippen LogP contribution in [-0.2, 0) is 12.1 Å². The molecule has 2 rings (SSSR count). The summed E-state index contributed by atoms with van der Waals surface area (Å²) < 4.78 is 0. The molecule has 0 saturated carbocycles. The van der Waals surface area contributed by atoms with Crippen molar-refractivity contribution in [3.8, 4) is 0 Å². The summed E-state index contributed by atoms with van der Waals surface area (Å²) in [6.07, 6.45) is 0.899. The van der Waals surface area contributed by atoms with Gasteiger partial charge >= 0.3 is 0 Å². The van der Waals surface area contributed by atoms with Gasteiger partial charge in [0.25, 0.3) is 0 Å². The van der Waals surface area contributed by atoms with Crippen LogP contribution in [0, 0.1) is 5.92 Å². The van der Waals surface area contributed by atoms with E-state index in [4.69, 9.17) is 0 Å². The predicted molar refractivity (Wildman–Crippen MR) is 89.6 cm³/mol. The SMILES string of the molecule is CCN(C)C1(N(C)CC)c2ccccc2CC1C[C@H](O)CO. The van der Waals surface area contributed by atoms with E-state index in [0.717, 1.165) is 19.5 Å². The summed E-state index contributed by atoms with van der Waals surface area (Å²) in [6, 6.07) is 8.61. The molecule has 0 heterocycles. The van der Waals surface area contributed by atoms with E-state index in [9.17, 15) is 10.2 Å². The first-order valence-corrected chi connectivity index (χ1v) is 8.32. The zero-order chi connectivity index (χ0) is 16.3. The third kappa shape index (κ3) is 2.69. The average molecular weight is 306 g/mol. The van der Waals surface area contributed by atoms with Crippen molar-refractivity contribution in [1.82, 2.24) is 9.80 Å². The van der Waals surface area contributed by atoms with Gasteiger partial charge < -0.3 is 10.2 Å². The van der Waals surface area contributed by atoms with Crippen LogP contribution in [0.5, 0.6) is 0 Å². The molecule has 2 N–H and O–H groups in total. The molecule has 0 aliphatic heterocycles. The smallest absolute Gasteiger partial charge is 0.103 e. The van der Waals surface area contributed by atoms with E-state index in [2.05, 4.69) is 62.0 Å². The van der Waals surface area contributed by atoms with E-state index in [1.54, 1.807) is 0 Å². The van der Waals surface area contributed by atoms with Gasteiger partial charge in [-0.3, -0.25) is 9.80 Å². The zero-order valence-corrected chi connectivity index (χ0v) is 14.3. The first-order chi connectivity index (χ1) is 10.5. The number of hydrogen-bond acceptors (Lipinski definition) is 4. The van der Waals surface area contributed by atoms with Crippen LogP contribution >= 0.6 is 0 Å². The topological polar surface area (TPSA) is 46.9 Å². The molecular weight excluding hydrogens is 276 g/mol. The van der Waals surface area contributed by atoms with Gasteiger partial charge in [-0.15, -0.1) is 0 Å². The van der Waals surface area contributed by atoms with Crippen molar-refractivity contribution in [2.45, 2.75) is 38.5 Å². The van der Waals surface area contributed by atoms with Crippen molar-refractivity contribution >= 4 is 0 Å². The van der Waals surface area contributed by atoms with E-state index >= 15 is 0 Å². The molecule has 0 spiro atoms. The minimum absolute atomic E-state index is 0.172. The minimum Gasteiger partial charge on any atom is -0.394 e. The van der Waals surface area contributed by atoms with E-state index in [1.807, 2.05) is 0 Å². The summed E-state index contributed by atoms with van der Waals surface area (Å²) in [5.41, 5.74) is 2.49. The summed E-state index contributed by atoms with van der Waals surface area (Å²) in [5, 5.41) is 19.3. The number of hydrogen-bond donors (Lipinski definition) is 2. The lowest BCUT2D eigenvalue weighted by atomic mass is 9.85. The molecule has 0 amide bonds. The van der Waals surface area contributed by atoms with Crippen LogP contribution in [-0.4, -0.2) is 59.9 Å². The van der Waals surface area contributed by atoms with Crippen molar-refractivity contribution in [3.05, 3.63) is 35.4 Å². The molecular formula is C18H30N2O2. The van der Waals surface area contributed by atoms with Crippen molar-refractivity contribution < 1.29 is 10.2 Å². The third-order valence-electron chi connectivity index (χ3n) is 5.33. The van der Waals surface area contributed by atoms with Gasteiger partial charge in [-0.05, 0) is 51.2 Å². The second-order valence-electron chi connectivity index (χ2n) is 6.38. The lowest BCUT2D eigenvalue weighted by Gasteiger charge is -2.50. The van der Waals surface area contributed by atoms with Crippen LogP contribution in [0.15, 0.2) is 24.3 Å². The second kappa shape index (κ2) is 7.09.